The Morgan fingerprint density at radius 3 is 2.22 bits per heavy atom. The molecular weight excluding hydrogens is 252 g/mol. The highest BCUT2D eigenvalue weighted by atomic mass is 32.2. The second-order valence-electron chi connectivity index (χ2n) is 4.48. The molecule has 0 amide bonds. The van der Waals surface area contributed by atoms with Crippen LogP contribution in [0.1, 0.15) is 47.2 Å². The van der Waals surface area contributed by atoms with Crippen LogP contribution < -0.4 is 0 Å². The highest BCUT2D eigenvalue weighted by Gasteiger charge is 2.18. The van der Waals surface area contributed by atoms with E-state index in [1.165, 1.54) is 0 Å². The first-order chi connectivity index (χ1) is 8.28. The van der Waals surface area contributed by atoms with E-state index < -0.39 is 9.84 Å². The Kier molecular flexibility index (Phi) is 4.73. The van der Waals surface area contributed by atoms with Gasteiger partial charge in [-0.1, -0.05) is 6.92 Å². The number of ketones is 1. The lowest BCUT2D eigenvalue weighted by Gasteiger charge is -2.02. The number of hydrogen-bond acceptors (Lipinski definition) is 4. The van der Waals surface area contributed by atoms with Crippen LogP contribution in [-0.2, 0) is 9.84 Å². The van der Waals surface area contributed by atoms with Gasteiger partial charge in [0.05, 0.1) is 11.3 Å². The van der Waals surface area contributed by atoms with Gasteiger partial charge in [-0.2, -0.15) is 0 Å². The van der Waals surface area contributed by atoms with Crippen molar-refractivity contribution in [3.63, 3.8) is 0 Å². The van der Waals surface area contributed by atoms with Gasteiger partial charge in [0.25, 0.3) is 0 Å². The van der Waals surface area contributed by atoms with E-state index >= 15 is 0 Å². The molecule has 5 heteroatoms. The van der Waals surface area contributed by atoms with Gasteiger partial charge in [0.2, 0.25) is 0 Å². The smallest absolute Gasteiger partial charge is 0.166 e. The number of sulfone groups is 1. The van der Waals surface area contributed by atoms with E-state index in [0.717, 1.165) is 11.3 Å². The molecule has 1 aromatic rings. The van der Waals surface area contributed by atoms with Crippen molar-refractivity contribution >= 4 is 15.6 Å². The Labute approximate surface area is 108 Å². The summed E-state index contributed by atoms with van der Waals surface area (Å²) in [6.07, 6.45) is 0.623. The van der Waals surface area contributed by atoms with Gasteiger partial charge < -0.3 is 4.42 Å². The number of aryl methyl sites for hydroxylation is 2. The molecule has 0 bridgehead atoms. The van der Waals surface area contributed by atoms with Gasteiger partial charge in [-0.3, -0.25) is 4.79 Å². The van der Waals surface area contributed by atoms with Gasteiger partial charge in [-0.05, 0) is 27.2 Å². The van der Waals surface area contributed by atoms with E-state index in [1.54, 1.807) is 13.8 Å². The molecule has 102 valence electrons. The third kappa shape index (κ3) is 3.45. The number of furan rings is 1. The molecule has 0 spiro atoms. The SMILES string of the molecule is CCS(=O)(=O)CCCC(=O)c1c(C)oc(C)c1C. The van der Waals surface area contributed by atoms with Crippen LogP contribution in [0.2, 0.25) is 0 Å². The van der Waals surface area contributed by atoms with Crippen molar-refractivity contribution in [2.75, 3.05) is 11.5 Å². The maximum atomic E-state index is 12.0. The Balaban J connectivity index is 2.67. The van der Waals surface area contributed by atoms with Crippen molar-refractivity contribution in [1.29, 1.82) is 0 Å². The van der Waals surface area contributed by atoms with Gasteiger partial charge in [0.15, 0.2) is 5.78 Å². The molecule has 1 aromatic heterocycles. The fraction of sp³-hybridized carbons (Fsp3) is 0.615. The average Bonchev–Trinajstić information content (AvgIpc) is 2.53. The van der Waals surface area contributed by atoms with E-state index in [0.29, 0.717) is 17.7 Å². The van der Waals surface area contributed by atoms with Crippen LogP contribution in [0.15, 0.2) is 4.42 Å². The maximum Gasteiger partial charge on any atom is 0.166 e. The van der Waals surface area contributed by atoms with Crippen molar-refractivity contribution in [3.8, 4) is 0 Å². The van der Waals surface area contributed by atoms with E-state index in [-0.39, 0.29) is 23.7 Å². The molecule has 0 saturated heterocycles. The molecule has 0 aromatic carbocycles. The topological polar surface area (TPSA) is 64.3 Å². The van der Waals surface area contributed by atoms with Crippen molar-refractivity contribution in [2.45, 2.75) is 40.5 Å². The lowest BCUT2D eigenvalue weighted by molar-refractivity contribution is 0.0980. The van der Waals surface area contributed by atoms with E-state index in [9.17, 15) is 13.2 Å². The molecule has 1 rings (SSSR count). The summed E-state index contributed by atoms with van der Waals surface area (Å²) in [7, 11) is -2.99. The van der Waals surface area contributed by atoms with Crippen LogP contribution in [-0.4, -0.2) is 25.7 Å². The summed E-state index contributed by atoms with van der Waals surface area (Å²) in [5.41, 5.74) is 1.47. The maximum absolute atomic E-state index is 12.0. The van der Waals surface area contributed by atoms with E-state index in [1.807, 2.05) is 13.8 Å². The molecule has 0 fully saturated rings. The molecule has 0 saturated carbocycles. The summed E-state index contributed by atoms with van der Waals surface area (Å²) in [6.45, 7) is 7.05. The Morgan fingerprint density at radius 1 is 1.17 bits per heavy atom. The van der Waals surface area contributed by atoms with Gasteiger partial charge in [-0.25, -0.2) is 8.42 Å². The van der Waals surface area contributed by atoms with Crippen LogP contribution in [0.3, 0.4) is 0 Å². The molecule has 0 unspecified atom stereocenters. The first-order valence-corrected chi connectivity index (χ1v) is 7.91. The van der Waals surface area contributed by atoms with Crippen molar-refractivity contribution in [2.24, 2.45) is 0 Å². The summed E-state index contributed by atoms with van der Waals surface area (Å²) in [5.74, 6) is 1.53. The fourth-order valence-electron chi connectivity index (χ4n) is 1.92. The molecular formula is C13H20O4S. The first kappa shape index (κ1) is 15.0. The van der Waals surface area contributed by atoms with Crippen LogP contribution in [0.5, 0.6) is 0 Å². The standard InChI is InChI=1S/C13H20O4S/c1-5-18(15,16)8-6-7-12(14)13-9(2)10(3)17-11(13)4/h5-8H2,1-4H3. The lowest BCUT2D eigenvalue weighted by atomic mass is 10.0. The Bertz CT molecular complexity index is 538. The molecule has 4 nitrogen and oxygen atoms in total. The summed E-state index contributed by atoms with van der Waals surface area (Å²) in [4.78, 5) is 12.0. The van der Waals surface area contributed by atoms with Crippen LogP contribution >= 0.6 is 0 Å². The highest BCUT2D eigenvalue weighted by molar-refractivity contribution is 7.91. The predicted molar refractivity (Wildman–Crippen MR) is 70.8 cm³/mol. The highest BCUT2D eigenvalue weighted by Crippen LogP contribution is 2.22. The van der Waals surface area contributed by atoms with Crippen LogP contribution in [0.25, 0.3) is 0 Å². The van der Waals surface area contributed by atoms with Gasteiger partial charge in [0.1, 0.15) is 21.4 Å². The van der Waals surface area contributed by atoms with E-state index in [4.69, 9.17) is 4.42 Å². The average molecular weight is 272 g/mol. The summed E-state index contributed by atoms with van der Waals surface area (Å²) >= 11 is 0. The third-order valence-electron chi connectivity index (χ3n) is 3.14. The van der Waals surface area contributed by atoms with Gasteiger partial charge >= 0.3 is 0 Å². The quantitative estimate of drug-likeness (QED) is 0.747. The van der Waals surface area contributed by atoms with Crippen molar-refractivity contribution < 1.29 is 17.6 Å². The zero-order valence-electron chi connectivity index (χ0n) is 11.4. The third-order valence-corrected chi connectivity index (χ3v) is 4.93. The number of rotatable bonds is 6. The minimum Gasteiger partial charge on any atom is -0.466 e. The van der Waals surface area contributed by atoms with Gasteiger partial charge in [-0.15, -0.1) is 0 Å². The minimum atomic E-state index is -2.99. The van der Waals surface area contributed by atoms with E-state index in [2.05, 4.69) is 0 Å². The second kappa shape index (κ2) is 5.69. The van der Waals surface area contributed by atoms with Crippen LogP contribution in [0.4, 0.5) is 0 Å². The zero-order chi connectivity index (χ0) is 13.9. The summed E-state index contributed by atoms with van der Waals surface area (Å²) in [6, 6.07) is 0. The lowest BCUT2D eigenvalue weighted by Crippen LogP contribution is -2.11. The molecule has 0 atom stereocenters. The fourth-order valence-corrected chi connectivity index (χ4v) is 2.80. The number of carbonyl (C=O) groups is 1. The Hall–Kier alpha value is -1.10. The molecule has 18 heavy (non-hydrogen) atoms. The number of Topliss-reactive ketones (excluding diaryl/α,β-unsaturated/α-hetero) is 1. The molecule has 0 aliphatic heterocycles. The number of carbonyl (C=O) groups excluding carboxylic acids is 1. The molecule has 0 aliphatic rings. The van der Waals surface area contributed by atoms with Crippen LogP contribution in [0, 0.1) is 20.8 Å². The Morgan fingerprint density at radius 2 is 1.78 bits per heavy atom. The molecule has 0 N–H and O–H groups in total. The van der Waals surface area contributed by atoms with Crippen molar-refractivity contribution in [3.05, 3.63) is 22.6 Å². The molecule has 1 heterocycles. The summed E-state index contributed by atoms with van der Waals surface area (Å²) in [5, 5.41) is 0. The molecule has 0 radical (unpaired) electrons. The number of hydrogen-bond donors (Lipinski definition) is 0. The molecule has 0 aliphatic carbocycles. The summed E-state index contributed by atoms with van der Waals surface area (Å²) < 4.78 is 28.0. The first-order valence-electron chi connectivity index (χ1n) is 6.08. The monoisotopic (exact) mass is 272 g/mol. The second-order valence-corrected chi connectivity index (χ2v) is 6.95. The normalized spacial score (nSPS) is 11.8. The predicted octanol–water partition coefficient (Wildman–Crippen LogP) is 2.60. The zero-order valence-corrected chi connectivity index (χ0v) is 12.2. The minimum absolute atomic E-state index is 0.0341. The van der Waals surface area contributed by atoms with Gasteiger partial charge in [0, 0.05) is 17.7 Å². The largest absolute Gasteiger partial charge is 0.466 e. The van der Waals surface area contributed by atoms with Crippen molar-refractivity contribution in [1.82, 2.24) is 0 Å².